The average molecular weight is 219 g/mol. The summed E-state index contributed by atoms with van der Waals surface area (Å²) >= 11 is 0. The molecule has 2 aromatic rings. The molecule has 5 heteroatoms. The van der Waals surface area contributed by atoms with Gasteiger partial charge in [-0.05, 0) is 12.1 Å². The van der Waals surface area contributed by atoms with Gasteiger partial charge in [-0.1, -0.05) is 0 Å². The zero-order chi connectivity index (χ0) is 11.5. The van der Waals surface area contributed by atoms with Crippen molar-refractivity contribution < 1.29 is 19.1 Å². The Morgan fingerprint density at radius 2 is 2.19 bits per heavy atom. The maximum absolute atomic E-state index is 10.9. The van der Waals surface area contributed by atoms with Crippen LogP contribution in [0, 0.1) is 0 Å². The number of hydrogen-bond donors (Lipinski definition) is 1. The van der Waals surface area contributed by atoms with E-state index in [2.05, 4.69) is 4.98 Å². The van der Waals surface area contributed by atoms with E-state index >= 15 is 0 Å². The first-order chi connectivity index (χ1) is 7.70. The highest BCUT2D eigenvalue weighted by atomic mass is 16.6. The molecular weight excluding hydrogens is 210 g/mol. The summed E-state index contributed by atoms with van der Waals surface area (Å²) in [7, 11) is 0. The van der Waals surface area contributed by atoms with Crippen LogP contribution < -0.4 is 9.47 Å². The number of carbonyl (C=O) groups excluding carboxylic acids is 2. The fourth-order valence-corrected chi connectivity index (χ4v) is 1.44. The van der Waals surface area contributed by atoms with Gasteiger partial charge >= 0.3 is 5.97 Å². The van der Waals surface area contributed by atoms with Crippen molar-refractivity contribution in [1.29, 1.82) is 0 Å². The summed E-state index contributed by atoms with van der Waals surface area (Å²) in [5, 5.41) is 0.870. The van der Waals surface area contributed by atoms with Gasteiger partial charge in [-0.25, -0.2) is 0 Å². The minimum atomic E-state index is -0.467. The van der Waals surface area contributed by atoms with Crippen molar-refractivity contribution >= 4 is 23.3 Å². The van der Waals surface area contributed by atoms with Gasteiger partial charge in [-0.3, -0.25) is 9.59 Å². The molecule has 0 saturated carbocycles. The number of fused-ring (bicyclic) bond motifs is 1. The minimum absolute atomic E-state index is 0.208. The molecule has 0 aliphatic rings. The van der Waals surface area contributed by atoms with Crippen LogP contribution in [0.1, 0.15) is 6.92 Å². The van der Waals surface area contributed by atoms with Crippen LogP contribution in [0.2, 0.25) is 0 Å². The van der Waals surface area contributed by atoms with Crippen molar-refractivity contribution in [2.24, 2.45) is 0 Å². The average Bonchev–Trinajstić information content (AvgIpc) is 2.64. The molecule has 0 atom stereocenters. The summed E-state index contributed by atoms with van der Waals surface area (Å²) in [5.41, 5.74) is 0.799. The van der Waals surface area contributed by atoms with E-state index in [9.17, 15) is 9.59 Å². The second-order valence-electron chi connectivity index (χ2n) is 3.17. The molecule has 1 N–H and O–H groups in total. The van der Waals surface area contributed by atoms with Gasteiger partial charge in [-0.2, -0.15) is 0 Å². The number of aromatic nitrogens is 1. The predicted molar refractivity (Wildman–Crippen MR) is 56.3 cm³/mol. The summed E-state index contributed by atoms with van der Waals surface area (Å²) in [4.78, 5) is 24.1. The van der Waals surface area contributed by atoms with Crippen LogP contribution in [0.15, 0.2) is 24.4 Å². The SMILES string of the molecule is CC(=O)Oc1cc2cc[nH]c2cc1OC=O. The zero-order valence-corrected chi connectivity index (χ0v) is 8.52. The highest BCUT2D eigenvalue weighted by Gasteiger charge is 2.10. The van der Waals surface area contributed by atoms with Crippen LogP contribution in [0.25, 0.3) is 10.9 Å². The number of carbonyl (C=O) groups is 2. The number of nitrogens with one attached hydrogen (secondary N) is 1. The molecule has 0 spiro atoms. The molecule has 2 rings (SSSR count). The molecule has 0 unspecified atom stereocenters. The normalized spacial score (nSPS) is 10.1. The van der Waals surface area contributed by atoms with Gasteiger partial charge in [-0.15, -0.1) is 0 Å². The Balaban J connectivity index is 2.52. The van der Waals surface area contributed by atoms with E-state index in [1.165, 1.54) is 6.92 Å². The lowest BCUT2D eigenvalue weighted by Gasteiger charge is -2.06. The molecule has 0 aliphatic heterocycles. The van der Waals surface area contributed by atoms with Crippen LogP contribution in [0.5, 0.6) is 11.5 Å². The largest absolute Gasteiger partial charge is 0.425 e. The number of rotatable bonds is 3. The molecule has 0 bridgehead atoms. The first kappa shape index (κ1) is 10.2. The minimum Gasteiger partial charge on any atom is -0.425 e. The lowest BCUT2D eigenvalue weighted by atomic mass is 10.2. The number of benzene rings is 1. The molecule has 82 valence electrons. The first-order valence-corrected chi connectivity index (χ1v) is 4.60. The summed E-state index contributed by atoms with van der Waals surface area (Å²) in [6.07, 6.45) is 1.74. The number of esters is 1. The lowest BCUT2D eigenvalue weighted by Crippen LogP contribution is -2.03. The van der Waals surface area contributed by atoms with Gasteiger partial charge in [0.2, 0.25) is 0 Å². The Morgan fingerprint density at radius 3 is 2.88 bits per heavy atom. The van der Waals surface area contributed by atoms with E-state index in [1.54, 1.807) is 18.3 Å². The van der Waals surface area contributed by atoms with E-state index in [-0.39, 0.29) is 18.0 Å². The van der Waals surface area contributed by atoms with Crippen molar-refractivity contribution in [2.75, 3.05) is 0 Å². The van der Waals surface area contributed by atoms with Crippen molar-refractivity contribution in [1.82, 2.24) is 4.98 Å². The van der Waals surface area contributed by atoms with Crippen LogP contribution in [-0.2, 0) is 9.59 Å². The summed E-state index contributed by atoms with van der Waals surface area (Å²) in [6.45, 7) is 1.57. The number of hydrogen-bond acceptors (Lipinski definition) is 4. The third-order valence-corrected chi connectivity index (χ3v) is 2.05. The molecule has 0 amide bonds. The first-order valence-electron chi connectivity index (χ1n) is 4.60. The van der Waals surface area contributed by atoms with Gasteiger partial charge < -0.3 is 14.5 Å². The maximum Gasteiger partial charge on any atom is 0.308 e. The Labute approximate surface area is 91.0 Å². The van der Waals surface area contributed by atoms with Crippen LogP contribution in [0.3, 0.4) is 0 Å². The third-order valence-electron chi connectivity index (χ3n) is 2.05. The fraction of sp³-hybridized carbons (Fsp3) is 0.0909. The molecule has 0 aliphatic carbocycles. The molecule has 0 fully saturated rings. The van der Waals surface area contributed by atoms with Crippen molar-refractivity contribution in [3.05, 3.63) is 24.4 Å². The highest BCUT2D eigenvalue weighted by Crippen LogP contribution is 2.31. The highest BCUT2D eigenvalue weighted by molar-refractivity contribution is 5.85. The Bertz CT molecular complexity index is 544. The van der Waals surface area contributed by atoms with E-state index in [0.29, 0.717) is 0 Å². The van der Waals surface area contributed by atoms with Gasteiger partial charge in [0, 0.05) is 30.1 Å². The molecule has 1 aromatic heterocycles. The quantitative estimate of drug-likeness (QED) is 0.484. The number of ether oxygens (including phenoxy) is 2. The van der Waals surface area contributed by atoms with E-state index in [0.717, 1.165) is 10.9 Å². The Kier molecular flexibility index (Phi) is 2.59. The van der Waals surface area contributed by atoms with E-state index in [1.807, 2.05) is 6.07 Å². The smallest absolute Gasteiger partial charge is 0.308 e. The Hall–Kier alpha value is -2.30. The number of H-pyrrole nitrogens is 1. The van der Waals surface area contributed by atoms with Gasteiger partial charge in [0.25, 0.3) is 6.47 Å². The van der Waals surface area contributed by atoms with Gasteiger partial charge in [0.05, 0.1) is 0 Å². The third kappa shape index (κ3) is 1.88. The standard InChI is InChI=1S/C11H9NO4/c1-7(14)16-11-4-8-2-3-12-9(8)5-10(11)15-6-13/h2-6,12H,1H3. The van der Waals surface area contributed by atoms with Crippen LogP contribution >= 0.6 is 0 Å². The molecule has 16 heavy (non-hydrogen) atoms. The molecule has 5 nitrogen and oxygen atoms in total. The molecule has 1 heterocycles. The second-order valence-corrected chi connectivity index (χ2v) is 3.17. The lowest BCUT2D eigenvalue weighted by molar-refractivity contribution is -0.132. The monoisotopic (exact) mass is 219 g/mol. The predicted octanol–water partition coefficient (Wildman–Crippen LogP) is 1.63. The zero-order valence-electron chi connectivity index (χ0n) is 8.52. The summed E-state index contributed by atoms with van der Waals surface area (Å²) < 4.78 is 9.68. The second kappa shape index (κ2) is 4.06. The van der Waals surface area contributed by atoms with Crippen molar-refractivity contribution in [2.45, 2.75) is 6.92 Å². The van der Waals surface area contributed by atoms with E-state index < -0.39 is 5.97 Å². The van der Waals surface area contributed by atoms with Crippen molar-refractivity contribution in [3.8, 4) is 11.5 Å². The van der Waals surface area contributed by atoms with Crippen molar-refractivity contribution in [3.63, 3.8) is 0 Å². The Morgan fingerprint density at radius 1 is 1.38 bits per heavy atom. The molecule has 1 aromatic carbocycles. The summed E-state index contributed by atoms with van der Waals surface area (Å²) in [5.74, 6) is -0.0301. The van der Waals surface area contributed by atoms with Gasteiger partial charge in [0.1, 0.15) is 0 Å². The maximum atomic E-state index is 10.9. The van der Waals surface area contributed by atoms with Gasteiger partial charge in [0.15, 0.2) is 11.5 Å². The summed E-state index contributed by atoms with van der Waals surface area (Å²) in [6, 6.07) is 5.06. The van der Waals surface area contributed by atoms with Crippen LogP contribution in [0.4, 0.5) is 0 Å². The fourth-order valence-electron chi connectivity index (χ4n) is 1.44. The molecule has 0 radical (unpaired) electrons. The van der Waals surface area contributed by atoms with Crippen LogP contribution in [-0.4, -0.2) is 17.4 Å². The molecular formula is C11H9NO4. The topological polar surface area (TPSA) is 68.4 Å². The van der Waals surface area contributed by atoms with E-state index in [4.69, 9.17) is 9.47 Å². The molecule has 0 saturated heterocycles. The number of aromatic amines is 1.